The first-order chi connectivity index (χ1) is 5.73. The molecule has 0 aromatic rings. The standard InChI is InChI=1S/C11H19NO/c1-7-8-12-9(13)11(5,6)10(2,3)4/h1H,8H2,2-6H3,(H,12,13). The summed E-state index contributed by atoms with van der Waals surface area (Å²) in [6.45, 7) is 10.3. The summed E-state index contributed by atoms with van der Waals surface area (Å²) >= 11 is 0. The highest BCUT2D eigenvalue weighted by Crippen LogP contribution is 2.37. The van der Waals surface area contributed by atoms with Crippen LogP contribution in [-0.4, -0.2) is 12.5 Å². The largest absolute Gasteiger partial charge is 0.345 e. The summed E-state index contributed by atoms with van der Waals surface area (Å²) in [7, 11) is 0. The van der Waals surface area contributed by atoms with E-state index in [4.69, 9.17) is 6.42 Å². The second kappa shape index (κ2) is 3.83. The molecule has 1 amide bonds. The first-order valence-corrected chi connectivity index (χ1v) is 4.45. The van der Waals surface area contributed by atoms with Gasteiger partial charge in [0.2, 0.25) is 5.91 Å². The van der Waals surface area contributed by atoms with Crippen molar-refractivity contribution >= 4 is 5.91 Å². The van der Waals surface area contributed by atoms with Crippen LogP contribution < -0.4 is 5.32 Å². The normalized spacial score (nSPS) is 12.0. The molecule has 0 fully saturated rings. The van der Waals surface area contributed by atoms with Gasteiger partial charge in [-0.15, -0.1) is 6.42 Å². The topological polar surface area (TPSA) is 29.1 Å². The predicted molar refractivity (Wildman–Crippen MR) is 55.1 cm³/mol. The molecule has 0 saturated heterocycles. The van der Waals surface area contributed by atoms with Crippen LogP contribution in [0, 0.1) is 23.2 Å². The van der Waals surface area contributed by atoms with Gasteiger partial charge in [0.05, 0.1) is 6.54 Å². The molecule has 0 aliphatic rings. The average molecular weight is 181 g/mol. The minimum Gasteiger partial charge on any atom is -0.345 e. The number of nitrogens with one attached hydrogen (secondary N) is 1. The van der Waals surface area contributed by atoms with Crippen LogP contribution in [0.5, 0.6) is 0 Å². The third-order valence-electron chi connectivity index (χ3n) is 2.79. The van der Waals surface area contributed by atoms with Gasteiger partial charge in [0.15, 0.2) is 0 Å². The minimum absolute atomic E-state index is 0.0120. The zero-order valence-corrected chi connectivity index (χ0v) is 9.19. The lowest BCUT2D eigenvalue weighted by molar-refractivity contribution is -0.134. The lowest BCUT2D eigenvalue weighted by atomic mass is 9.69. The molecule has 0 heterocycles. The molecule has 2 nitrogen and oxygen atoms in total. The molecule has 0 atom stereocenters. The van der Waals surface area contributed by atoms with Crippen molar-refractivity contribution < 1.29 is 4.79 Å². The van der Waals surface area contributed by atoms with Crippen LogP contribution in [0.15, 0.2) is 0 Å². The van der Waals surface area contributed by atoms with Gasteiger partial charge in [-0.05, 0) is 5.41 Å². The third-order valence-corrected chi connectivity index (χ3v) is 2.79. The average Bonchev–Trinajstić information content (AvgIpc) is 1.97. The Morgan fingerprint density at radius 3 is 2.08 bits per heavy atom. The van der Waals surface area contributed by atoms with Crippen LogP contribution in [-0.2, 0) is 4.79 Å². The van der Waals surface area contributed by atoms with Crippen LogP contribution in [0.25, 0.3) is 0 Å². The maximum Gasteiger partial charge on any atom is 0.226 e. The van der Waals surface area contributed by atoms with Crippen LogP contribution in [0.1, 0.15) is 34.6 Å². The van der Waals surface area contributed by atoms with E-state index in [2.05, 4.69) is 11.2 Å². The van der Waals surface area contributed by atoms with E-state index in [0.717, 1.165) is 0 Å². The molecule has 0 aromatic heterocycles. The smallest absolute Gasteiger partial charge is 0.226 e. The molecular weight excluding hydrogens is 162 g/mol. The van der Waals surface area contributed by atoms with Crippen molar-refractivity contribution in [2.24, 2.45) is 10.8 Å². The van der Waals surface area contributed by atoms with Gasteiger partial charge in [-0.1, -0.05) is 40.5 Å². The van der Waals surface area contributed by atoms with E-state index in [1.54, 1.807) is 0 Å². The highest BCUT2D eigenvalue weighted by molar-refractivity contribution is 5.82. The third kappa shape index (κ3) is 2.77. The van der Waals surface area contributed by atoms with E-state index in [0.29, 0.717) is 6.54 Å². The minimum atomic E-state index is -0.399. The maximum absolute atomic E-state index is 11.7. The lowest BCUT2D eigenvalue weighted by Crippen LogP contribution is -2.45. The molecule has 0 aliphatic carbocycles. The molecule has 13 heavy (non-hydrogen) atoms. The summed E-state index contributed by atoms with van der Waals surface area (Å²) < 4.78 is 0. The zero-order valence-electron chi connectivity index (χ0n) is 9.19. The molecule has 1 N–H and O–H groups in total. The Labute approximate surface area is 81.1 Å². The van der Waals surface area contributed by atoms with Crippen LogP contribution in [0.3, 0.4) is 0 Å². The molecule has 74 valence electrons. The van der Waals surface area contributed by atoms with Crippen molar-refractivity contribution in [1.29, 1.82) is 0 Å². The fraction of sp³-hybridized carbons (Fsp3) is 0.727. The molecule has 0 radical (unpaired) electrons. The second-order valence-electron chi connectivity index (χ2n) is 4.76. The lowest BCUT2D eigenvalue weighted by Gasteiger charge is -2.36. The van der Waals surface area contributed by atoms with Gasteiger partial charge in [-0.2, -0.15) is 0 Å². The number of hydrogen-bond donors (Lipinski definition) is 1. The summed E-state index contributed by atoms with van der Waals surface area (Å²) in [6.07, 6.45) is 5.06. The van der Waals surface area contributed by atoms with E-state index >= 15 is 0 Å². The number of carbonyl (C=O) groups is 1. The number of carbonyl (C=O) groups excluding carboxylic acids is 1. The van der Waals surface area contributed by atoms with E-state index in [1.807, 2.05) is 34.6 Å². The Morgan fingerprint density at radius 2 is 1.77 bits per heavy atom. The van der Waals surface area contributed by atoms with E-state index in [1.165, 1.54) is 0 Å². The number of terminal acetylenes is 1. The molecule has 0 bridgehead atoms. The number of rotatable bonds is 2. The Balaban J connectivity index is 4.48. The first kappa shape index (κ1) is 12.0. The highest BCUT2D eigenvalue weighted by atomic mass is 16.2. The molecule has 0 rings (SSSR count). The zero-order chi connectivity index (χ0) is 10.7. The van der Waals surface area contributed by atoms with Gasteiger partial charge < -0.3 is 5.32 Å². The van der Waals surface area contributed by atoms with Crippen LogP contribution in [0.4, 0.5) is 0 Å². The Hall–Kier alpha value is -0.970. The van der Waals surface area contributed by atoms with E-state index in [-0.39, 0.29) is 11.3 Å². The monoisotopic (exact) mass is 181 g/mol. The Kier molecular flexibility index (Phi) is 3.54. The Bertz CT molecular complexity index is 227. The quantitative estimate of drug-likeness (QED) is 0.647. The summed E-state index contributed by atoms with van der Waals surface area (Å²) in [5.41, 5.74) is -0.463. The van der Waals surface area contributed by atoms with Gasteiger partial charge >= 0.3 is 0 Å². The van der Waals surface area contributed by atoms with Gasteiger partial charge in [-0.3, -0.25) is 4.79 Å². The summed E-state index contributed by atoms with van der Waals surface area (Å²) in [6, 6.07) is 0. The highest BCUT2D eigenvalue weighted by Gasteiger charge is 2.39. The molecule has 2 heteroatoms. The molecule has 0 spiro atoms. The second-order valence-corrected chi connectivity index (χ2v) is 4.76. The van der Waals surface area contributed by atoms with Gasteiger partial charge in [0.1, 0.15) is 0 Å². The van der Waals surface area contributed by atoms with E-state index < -0.39 is 5.41 Å². The van der Waals surface area contributed by atoms with Gasteiger partial charge in [0, 0.05) is 5.41 Å². The number of hydrogen-bond acceptors (Lipinski definition) is 1. The van der Waals surface area contributed by atoms with Crippen molar-refractivity contribution in [3.05, 3.63) is 0 Å². The maximum atomic E-state index is 11.7. The fourth-order valence-electron chi connectivity index (χ4n) is 0.693. The van der Waals surface area contributed by atoms with Crippen molar-refractivity contribution in [3.8, 4) is 12.3 Å². The van der Waals surface area contributed by atoms with Crippen molar-refractivity contribution in [1.82, 2.24) is 5.32 Å². The van der Waals surface area contributed by atoms with Crippen LogP contribution in [0.2, 0.25) is 0 Å². The predicted octanol–water partition coefficient (Wildman–Crippen LogP) is 1.81. The van der Waals surface area contributed by atoms with Crippen molar-refractivity contribution in [2.45, 2.75) is 34.6 Å². The Morgan fingerprint density at radius 1 is 1.31 bits per heavy atom. The van der Waals surface area contributed by atoms with Crippen molar-refractivity contribution in [3.63, 3.8) is 0 Å². The SMILES string of the molecule is C#CCNC(=O)C(C)(C)C(C)(C)C. The summed E-state index contributed by atoms with van der Waals surface area (Å²) in [5.74, 6) is 2.40. The fourth-order valence-corrected chi connectivity index (χ4v) is 0.693. The van der Waals surface area contributed by atoms with Gasteiger partial charge in [0.25, 0.3) is 0 Å². The summed E-state index contributed by atoms with van der Waals surface area (Å²) in [5, 5.41) is 2.70. The molecule has 0 aromatic carbocycles. The molecule has 0 aliphatic heterocycles. The van der Waals surface area contributed by atoms with Gasteiger partial charge in [-0.25, -0.2) is 0 Å². The summed E-state index contributed by atoms with van der Waals surface area (Å²) in [4.78, 5) is 11.7. The van der Waals surface area contributed by atoms with Crippen molar-refractivity contribution in [2.75, 3.05) is 6.54 Å². The first-order valence-electron chi connectivity index (χ1n) is 4.45. The van der Waals surface area contributed by atoms with E-state index in [9.17, 15) is 4.79 Å². The molecular formula is C11H19NO. The molecule has 0 saturated carbocycles. The molecule has 0 unspecified atom stereocenters. The number of amides is 1. The van der Waals surface area contributed by atoms with Crippen LogP contribution >= 0.6 is 0 Å².